The molecule has 5 rings (SSSR count). The maximum Gasteiger partial charge on any atom is 0.254 e. The second-order valence-electron chi connectivity index (χ2n) is 7.38. The second kappa shape index (κ2) is 8.83. The van der Waals surface area contributed by atoms with Crippen molar-refractivity contribution >= 4 is 34.8 Å². The van der Waals surface area contributed by atoms with E-state index in [0.29, 0.717) is 6.54 Å². The topological polar surface area (TPSA) is 59.4 Å². The number of aromatic nitrogens is 2. The monoisotopic (exact) mass is 440 g/mol. The maximum absolute atomic E-state index is 13.3. The number of thiophene rings is 1. The van der Waals surface area contributed by atoms with Crippen molar-refractivity contribution < 1.29 is 9.53 Å². The number of anilines is 1. The van der Waals surface area contributed by atoms with Crippen LogP contribution in [0.2, 0.25) is 0 Å². The van der Waals surface area contributed by atoms with E-state index in [9.17, 15) is 4.79 Å². The van der Waals surface area contributed by atoms with Crippen molar-refractivity contribution in [3.63, 3.8) is 0 Å². The van der Waals surface area contributed by atoms with Crippen LogP contribution >= 0.6 is 23.1 Å². The molecule has 0 aromatic carbocycles. The number of amides is 1. The Bertz CT molecular complexity index is 1030. The molecular formula is C22H24N4O2S2. The molecule has 0 radical (unpaired) electrons. The van der Waals surface area contributed by atoms with E-state index in [1.54, 1.807) is 11.3 Å². The van der Waals surface area contributed by atoms with Gasteiger partial charge in [-0.15, -0.1) is 11.3 Å². The van der Waals surface area contributed by atoms with Gasteiger partial charge in [0.1, 0.15) is 10.8 Å². The average Bonchev–Trinajstić information content (AvgIpc) is 3.46. The quantitative estimate of drug-likeness (QED) is 0.658. The van der Waals surface area contributed by atoms with E-state index < -0.39 is 0 Å². The van der Waals surface area contributed by atoms with Gasteiger partial charge in [-0.3, -0.25) is 4.79 Å². The van der Waals surface area contributed by atoms with Crippen LogP contribution in [0, 0.1) is 0 Å². The van der Waals surface area contributed by atoms with Crippen molar-refractivity contribution in [1.29, 1.82) is 0 Å². The van der Waals surface area contributed by atoms with Gasteiger partial charge in [0.25, 0.3) is 5.91 Å². The summed E-state index contributed by atoms with van der Waals surface area (Å²) < 4.78 is 7.49. The summed E-state index contributed by atoms with van der Waals surface area (Å²) in [7, 11) is 0. The molecule has 1 saturated heterocycles. The van der Waals surface area contributed by atoms with Gasteiger partial charge in [0.15, 0.2) is 0 Å². The lowest BCUT2D eigenvalue weighted by Crippen LogP contribution is -2.36. The molecule has 1 amide bonds. The molecule has 30 heavy (non-hydrogen) atoms. The Kier molecular flexibility index (Phi) is 5.79. The first kappa shape index (κ1) is 19.7. The molecule has 3 aromatic rings. The van der Waals surface area contributed by atoms with Crippen LogP contribution in [0.3, 0.4) is 0 Å². The fourth-order valence-electron chi connectivity index (χ4n) is 3.91. The molecule has 0 atom stereocenters. The number of fused-ring (bicyclic) bond motifs is 1. The highest BCUT2D eigenvalue weighted by Crippen LogP contribution is 2.38. The fourth-order valence-corrected chi connectivity index (χ4v) is 6.35. The Morgan fingerprint density at radius 3 is 2.90 bits per heavy atom. The Hall–Kier alpha value is -2.29. The van der Waals surface area contributed by atoms with E-state index in [-0.39, 0.29) is 5.91 Å². The van der Waals surface area contributed by atoms with Gasteiger partial charge in [0.2, 0.25) is 0 Å². The van der Waals surface area contributed by atoms with Crippen LogP contribution in [0.15, 0.2) is 42.9 Å². The van der Waals surface area contributed by atoms with E-state index >= 15 is 0 Å². The van der Waals surface area contributed by atoms with Crippen LogP contribution in [0.5, 0.6) is 0 Å². The summed E-state index contributed by atoms with van der Waals surface area (Å²) in [5.74, 6) is 3.02. The highest BCUT2D eigenvalue weighted by molar-refractivity contribution is 7.98. The van der Waals surface area contributed by atoms with Crippen LogP contribution < -0.4 is 10.2 Å². The zero-order valence-electron chi connectivity index (χ0n) is 16.7. The number of hydrogen-bond donors (Lipinski definition) is 1. The normalized spacial score (nSPS) is 16.3. The van der Waals surface area contributed by atoms with E-state index in [0.717, 1.165) is 66.2 Å². The molecule has 156 valence electrons. The summed E-state index contributed by atoms with van der Waals surface area (Å²) >= 11 is 3.69. The van der Waals surface area contributed by atoms with Crippen LogP contribution in [0.1, 0.15) is 26.4 Å². The van der Waals surface area contributed by atoms with Crippen LogP contribution in [0.25, 0.3) is 5.00 Å². The van der Waals surface area contributed by atoms with E-state index in [2.05, 4.69) is 25.8 Å². The summed E-state index contributed by atoms with van der Waals surface area (Å²) in [6.07, 6.45) is 6.80. The van der Waals surface area contributed by atoms with Gasteiger partial charge in [-0.05, 0) is 47.6 Å². The number of hydrogen-bond acceptors (Lipinski definition) is 6. The minimum absolute atomic E-state index is 0.00725. The summed E-state index contributed by atoms with van der Waals surface area (Å²) in [5, 5.41) is 4.18. The number of pyridine rings is 1. The molecule has 0 aliphatic carbocycles. The van der Waals surface area contributed by atoms with Crippen molar-refractivity contribution in [2.75, 3.05) is 37.0 Å². The van der Waals surface area contributed by atoms with Crippen molar-refractivity contribution in [3.8, 4) is 5.00 Å². The van der Waals surface area contributed by atoms with E-state index in [1.807, 2.05) is 48.6 Å². The number of nitrogens with one attached hydrogen (secondary N) is 1. The van der Waals surface area contributed by atoms with Crippen LogP contribution in [0.4, 0.5) is 5.82 Å². The lowest BCUT2D eigenvalue weighted by molar-refractivity contribution is 0.0950. The maximum atomic E-state index is 13.3. The minimum atomic E-state index is 0.00725. The number of ether oxygens (including phenoxy) is 1. The highest BCUT2D eigenvalue weighted by Gasteiger charge is 2.26. The summed E-state index contributed by atoms with van der Waals surface area (Å²) in [5.41, 5.74) is 3.12. The molecule has 2 aliphatic heterocycles. The number of thioether (sulfide) groups is 1. The molecular weight excluding hydrogens is 416 g/mol. The molecule has 5 heterocycles. The van der Waals surface area contributed by atoms with E-state index in [1.165, 1.54) is 10.4 Å². The molecule has 3 aromatic heterocycles. The first-order valence-electron chi connectivity index (χ1n) is 10.2. The number of nitrogens with zero attached hydrogens (tertiary/aromatic N) is 3. The van der Waals surface area contributed by atoms with Gasteiger partial charge < -0.3 is 19.5 Å². The van der Waals surface area contributed by atoms with Gasteiger partial charge in [-0.25, -0.2) is 4.98 Å². The molecule has 0 unspecified atom stereocenters. The van der Waals surface area contributed by atoms with Gasteiger partial charge >= 0.3 is 0 Å². The smallest absolute Gasteiger partial charge is 0.254 e. The summed E-state index contributed by atoms with van der Waals surface area (Å²) in [6, 6.07) is 8.04. The fraction of sp³-hybridized carbons (Fsp3) is 0.364. The Morgan fingerprint density at radius 2 is 2.07 bits per heavy atom. The van der Waals surface area contributed by atoms with Crippen molar-refractivity contribution in [2.45, 2.75) is 18.7 Å². The molecule has 1 fully saturated rings. The molecule has 1 N–H and O–H groups in total. The number of carbonyl (C=O) groups excluding carboxylic acids is 1. The van der Waals surface area contributed by atoms with Crippen molar-refractivity contribution in [1.82, 2.24) is 14.9 Å². The molecule has 0 bridgehead atoms. The largest absolute Gasteiger partial charge is 0.378 e. The lowest BCUT2D eigenvalue weighted by atomic mass is 10.1. The van der Waals surface area contributed by atoms with Gasteiger partial charge in [0.05, 0.1) is 18.8 Å². The van der Waals surface area contributed by atoms with Gasteiger partial charge in [-0.1, -0.05) is 0 Å². The Morgan fingerprint density at radius 1 is 1.23 bits per heavy atom. The van der Waals surface area contributed by atoms with Gasteiger partial charge in [0, 0.05) is 48.9 Å². The zero-order chi connectivity index (χ0) is 20.3. The first-order valence-corrected chi connectivity index (χ1v) is 12.2. The van der Waals surface area contributed by atoms with E-state index in [4.69, 9.17) is 4.74 Å². The molecule has 6 nitrogen and oxygen atoms in total. The minimum Gasteiger partial charge on any atom is -0.378 e. The second-order valence-corrected chi connectivity index (χ2v) is 9.57. The van der Waals surface area contributed by atoms with Crippen molar-refractivity contribution in [2.24, 2.45) is 0 Å². The standard InChI is InChI=1S/C22H24N4O2S2/c27-21(24-14-16-3-5-23-19(13-16)25-8-10-28-11-9-25)20-17-4-12-29-15-18(17)30-22(20)26-6-1-2-7-26/h1-3,5-7,13H,4,8-12,14-15H2,(H,24,27). The third kappa shape index (κ3) is 3.99. The summed E-state index contributed by atoms with van der Waals surface area (Å²) in [6.45, 7) is 3.64. The third-order valence-corrected chi connectivity index (χ3v) is 7.88. The SMILES string of the molecule is O=C(NCc1ccnc(N2CCOCC2)c1)c1c(-n2cccc2)sc2c1CCSC2. The summed E-state index contributed by atoms with van der Waals surface area (Å²) in [4.78, 5) is 21.3. The average molecular weight is 441 g/mol. The highest BCUT2D eigenvalue weighted by atomic mass is 32.2. The lowest BCUT2D eigenvalue weighted by Gasteiger charge is -2.28. The molecule has 8 heteroatoms. The Labute approximate surface area is 184 Å². The zero-order valence-corrected chi connectivity index (χ0v) is 18.3. The van der Waals surface area contributed by atoms with Crippen molar-refractivity contribution in [3.05, 3.63) is 64.4 Å². The number of morpholine rings is 1. The molecule has 2 aliphatic rings. The van der Waals surface area contributed by atoms with Gasteiger partial charge in [-0.2, -0.15) is 11.8 Å². The predicted octanol–water partition coefficient (Wildman–Crippen LogP) is 3.49. The number of rotatable bonds is 5. The van der Waals surface area contributed by atoms with Crippen LogP contribution in [-0.4, -0.2) is 47.5 Å². The number of carbonyl (C=O) groups is 1. The predicted molar refractivity (Wildman–Crippen MR) is 122 cm³/mol. The Balaban J connectivity index is 1.36. The first-order chi connectivity index (χ1) is 14.8. The molecule has 0 saturated carbocycles. The molecule has 0 spiro atoms. The third-order valence-electron chi connectivity index (χ3n) is 5.47. The van der Waals surface area contributed by atoms with Crippen LogP contribution in [-0.2, 0) is 23.5 Å².